The number of rotatable bonds is 6. The Balaban J connectivity index is 1.32. The Morgan fingerprint density at radius 3 is 2.58 bits per heavy atom. The third-order valence-corrected chi connectivity index (χ3v) is 5.73. The van der Waals surface area contributed by atoms with Gasteiger partial charge in [-0.25, -0.2) is 14.8 Å². The largest absolute Gasteiger partial charge is 0.474 e. The first-order valence-electron chi connectivity index (χ1n) is 10.4. The van der Waals surface area contributed by atoms with Crippen molar-refractivity contribution in [1.82, 2.24) is 20.2 Å². The lowest BCUT2D eigenvalue weighted by Crippen LogP contribution is -2.42. The number of ether oxygens (including phenoxy) is 3. The van der Waals surface area contributed by atoms with Crippen molar-refractivity contribution in [3.05, 3.63) is 47.1 Å². The van der Waals surface area contributed by atoms with Gasteiger partial charge in [0.1, 0.15) is 18.2 Å². The number of imide groups is 1. The minimum atomic E-state index is -0.398. The molecule has 0 atom stereocenters. The SMILES string of the molecule is CCOC(=O)N1CCC(Oc2cc(Oc3ccc(C=C4SC(=O)NC4=O)cc3)ncn2)CC1. The number of nitrogens with one attached hydrogen (secondary N) is 1. The molecule has 0 radical (unpaired) electrons. The van der Waals surface area contributed by atoms with Gasteiger partial charge in [-0.05, 0) is 42.5 Å². The van der Waals surface area contributed by atoms with E-state index in [-0.39, 0.29) is 17.4 Å². The van der Waals surface area contributed by atoms with Crippen LogP contribution in [0.25, 0.3) is 6.08 Å². The summed E-state index contributed by atoms with van der Waals surface area (Å²) >= 11 is 0.868. The van der Waals surface area contributed by atoms with E-state index >= 15 is 0 Å². The Labute approximate surface area is 194 Å². The Kier molecular flexibility index (Phi) is 7.08. The number of hydrogen-bond donors (Lipinski definition) is 1. The van der Waals surface area contributed by atoms with E-state index in [9.17, 15) is 14.4 Å². The zero-order chi connectivity index (χ0) is 23.2. The summed E-state index contributed by atoms with van der Waals surface area (Å²) in [6.07, 6.45) is 4.00. The molecule has 2 aliphatic heterocycles. The third kappa shape index (κ3) is 6.01. The summed E-state index contributed by atoms with van der Waals surface area (Å²) in [6, 6.07) is 8.63. The first kappa shape index (κ1) is 22.6. The van der Waals surface area contributed by atoms with E-state index < -0.39 is 5.91 Å². The van der Waals surface area contributed by atoms with Crippen LogP contribution in [-0.4, -0.2) is 57.9 Å². The van der Waals surface area contributed by atoms with Crippen LogP contribution in [-0.2, 0) is 9.53 Å². The summed E-state index contributed by atoms with van der Waals surface area (Å²) in [5.74, 6) is 0.866. The molecule has 0 bridgehead atoms. The van der Waals surface area contributed by atoms with Crippen LogP contribution in [0.4, 0.5) is 9.59 Å². The number of nitrogens with zero attached hydrogens (tertiary/aromatic N) is 3. The number of benzene rings is 1. The lowest BCUT2D eigenvalue weighted by molar-refractivity contribution is -0.115. The summed E-state index contributed by atoms with van der Waals surface area (Å²) in [5.41, 5.74) is 0.760. The molecule has 0 unspecified atom stereocenters. The Bertz CT molecular complexity index is 1070. The summed E-state index contributed by atoms with van der Waals surface area (Å²) in [4.78, 5) is 45.0. The highest BCUT2D eigenvalue weighted by Crippen LogP contribution is 2.27. The number of aromatic nitrogens is 2. The van der Waals surface area contributed by atoms with E-state index in [1.807, 2.05) is 0 Å². The Morgan fingerprint density at radius 2 is 1.91 bits per heavy atom. The minimum absolute atomic E-state index is 0.0664. The van der Waals surface area contributed by atoms with Crippen molar-refractivity contribution < 1.29 is 28.6 Å². The van der Waals surface area contributed by atoms with Crippen LogP contribution in [0.2, 0.25) is 0 Å². The van der Waals surface area contributed by atoms with Crippen LogP contribution in [0.3, 0.4) is 0 Å². The van der Waals surface area contributed by atoms with Crippen LogP contribution in [0, 0.1) is 0 Å². The highest BCUT2D eigenvalue weighted by Gasteiger charge is 2.26. The van der Waals surface area contributed by atoms with Gasteiger partial charge in [-0.3, -0.25) is 14.9 Å². The maximum Gasteiger partial charge on any atom is 0.409 e. The number of hydrogen-bond acceptors (Lipinski definition) is 9. The molecule has 3 heterocycles. The Morgan fingerprint density at radius 1 is 1.18 bits per heavy atom. The lowest BCUT2D eigenvalue weighted by Gasteiger charge is -2.31. The molecule has 11 heteroatoms. The molecule has 4 rings (SSSR count). The molecule has 10 nitrogen and oxygen atoms in total. The molecule has 1 aromatic heterocycles. The quantitative estimate of drug-likeness (QED) is 0.631. The summed E-state index contributed by atoms with van der Waals surface area (Å²) in [6.45, 7) is 3.27. The second-order valence-electron chi connectivity index (χ2n) is 7.22. The molecule has 1 N–H and O–H groups in total. The summed E-state index contributed by atoms with van der Waals surface area (Å²) < 4.78 is 16.8. The van der Waals surface area contributed by atoms with E-state index in [4.69, 9.17) is 14.2 Å². The number of carbonyl (C=O) groups is 3. The first-order valence-corrected chi connectivity index (χ1v) is 11.2. The zero-order valence-corrected chi connectivity index (χ0v) is 18.7. The van der Waals surface area contributed by atoms with Gasteiger partial charge in [0, 0.05) is 25.9 Å². The molecule has 2 saturated heterocycles. The maximum atomic E-state index is 11.8. The van der Waals surface area contributed by atoms with Crippen LogP contribution < -0.4 is 14.8 Å². The number of thioether (sulfide) groups is 1. The van der Waals surface area contributed by atoms with E-state index in [1.54, 1.807) is 48.2 Å². The molecule has 0 aliphatic carbocycles. The van der Waals surface area contributed by atoms with Crippen LogP contribution in [0.5, 0.6) is 17.5 Å². The van der Waals surface area contributed by atoms with Crippen LogP contribution in [0.15, 0.2) is 41.6 Å². The molecule has 172 valence electrons. The van der Waals surface area contributed by atoms with E-state index in [0.29, 0.717) is 55.0 Å². The van der Waals surface area contributed by atoms with Crippen molar-refractivity contribution >= 4 is 35.1 Å². The molecule has 0 spiro atoms. The van der Waals surface area contributed by atoms with Crippen molar-refractivity contribution in [3.63, 3.8) is 0 Å². The van der Waals surface area contributed by atoms with E-state index in [0.717, 1.165) is 17.3 Å². The van der Waals surface area contributed by atoms with Gasteiger partial charge in [-0.2, -0.15) is 0 Å². The van der Waals surface area contributed by atoms with Gasteiger partial charge in [-0.15, -0.1) is 0 Å². The lowest BCUT2D eigenvalue weighted by atomic mass is 10.1. The second kappa shape index (κ2) is 10.3. The molecular formula is C22H22N4O6S. The number of carbonyl (C=O) groups excluding carboxylic acids is 3. The van der Waals surface area contributed by atoms with Crippen molar-refractivity contribution in [3.8, 4) is 17.5 Å². The van der Waals surface area contributed by atoms with Gasteiger partial charge in [0.05, 0.1) is 17.6 Å². The predicted octanol–water partition coefficient (Wildman–Crippen LogP) is 3.59. The van der Waals surface area contributed by atoms with E-state index in [1.165, 1.54) is 6.33 Å². The topological polar surface area (TPSA) is 120 Å². The maximum absolute atomic E-state index is 11.8. The smallest absolute Gasteiger partial charge is 0.409 e. The fourth-order valence-electron chi connectivity index (χ4n) is 3.31. The zero-order valence-electron chi connectivity index (χ0n) is 17.9. The van der Waals surface area contributed by atoms with Gasteiger partial charge in [0.2, 0.25) is 11.8 Å². The van der Waals surface area contributed by atoms with Gasteiger partial charge in [0.25, 0.3) is 11.1 Å². The highest BCUT2D eigenvalue weighted by atomic mass is 32.2. The number of piperidine rings is 1. The van der Waals surface area contributed by atoms with Crippen molar-refractivity contribution in [2.75, 3.05) is 19.7 Å². The average molecular weight is 471 g/mol. The molecule has 2 aliphatic rings. The fraction of sp³-hybridized carbons (Fsp3) is 0.318. The fourth-order valence-corrected chi connectivity index (χ4v) is 3.99. The average Bonchev–Trinajstić information content (AvgIpc) is 3.12. The number of amides is 3. The highest BCUT2D eigenvalue weighted by molar-refractivity contribution is 8.18. The van der Waals surface area contributed by atoms with Crippen molar-refractivity contribution in [1.29, 1.82) is 0 Å². The van der Waals surface area contributed by atoms with Crippen LogP contribution in [0.1, 0.15) is 25.3 Å². The van der Waals surface area contributed by atoms with Crippen molar-refractivity contribution in [2.24, 2.45) is 0 Å². The van der Waals surface area contributed by atoms with Gasteiger partial charge < -0.3 is 19.1 Å². The molecule has 0 saturated carbocycles. The normalized spacial score (nSPS) is 17.7. The van der Waals surface area contributed by atoms with Gasteiger partial charge in [-0.1, -0.05) is 12.1 Å². The molecule has 33 heavy (non-hydrogen) atoms. The summed E-state index contributed by atoms with van der Waals surface area (Å²) in [7, 11) is 0. The second-order valence-corrected chi connectivity index (χ2v) is 8.24. The third-order valence-electron chi connectivity index (χ3n) is 4.91. The minimum Gasteiger partial charge on any atom is -0.474 e. The molecule has 2 aromatic rings. The molecule has 2 fully saturated rings. The predicted molar refractivity (Wildman–Crippen MR) is 120 cm³/mol. The monoisotopic (exact) mass is 470 g/mol. The number of likely N-dealkylation sites (tertiary alicyclic amines) is 1. The summed E-state index contributed by atoms with van der Waals surface area (Å²) in [5, 5.41) is 1.84. The molecule has 1 aromatic carbocycles. The van der Waals surface area contributed by atoms with Crippen molar-refractivity contribution in [2.45, 2.75) is 25.9 Å². The van der Waals surface area contributed by atoms with E-state index in [2.05, 4.69) is 15.3 Å². The standard InChI is InChI=1S/C22H22N4O6S/c1-2-30-22(29)26-9-7-16(8-10-26)32-19-12-18(23-13-24-19)31-15-5-3-14(4-6-15)11-17-20(27)25-21(28)33-17/h3-6,11-13,16H,2,7-10H2,1H3,(H,25,27,28). The van der Waals surface area contributed by atoms with Crippen LogP contribution >= 0.6 is 11.8 Å². The molecular weight excluding hydrogens is 448 g/mol. The molecule has 3 amide bonds. The van der Waals surface area contributed by atoms with Gasteiger partial charge >= 0.3 is 6.09 Å². The Hall–Kier alpha value is -3.60. The first-order chi connectivity index (χ1) is 16.0. The van der Waals surface area contributed by atoms with Gasteiger partial charge in [0.15, 0.2) is 0 Å².